The average Bonchev–Trinajstić information content (AvgIpc) is 2.68. The molecule has 0 radical (unpaired) electrons. The molecule has 0 fully saturated rings. The van der Waals surface area contributed by atoms with E-state index in [2.05, 4.69) is 25.3 Å². The maximum absolute atomic E-state index is 12.7. The van der Waals surface area contributed by atoms with Crippen molar-refractivity contribution in [2.45, 2.75) is 24.9 Å². The van der Waals surface area contributed by atoms with Crippen LogP contribution in [0, 0.1) is 6.92 Å². The molecular formula is C20H20F3N5O2S. The van der Waals surface area contributed by atoms with Gasteiger partial charge in [-0.2, -0.15) is 13.2 Å². The Morgan fingerprint density at radius 2 is 1.48 bits per heavy atom. The van der Waals surface area contributed by atoms with Crippen molar-refractivity contribution in [2.75, 3.05) is 21.9 Å². The van der Waals surface area contributed by atoms with Crippen molar-refractivity contribution in [3.8, 4) is 0 Å². The Labute approximate surface area is 177 Å². The summed E-state index contributed by atoms with van der Waals surface area (Å²) in [6.07, 6.45) is -4.53. The number of halogens is 3. The number of alkyl halides is 3. The van der Waals surface area contributed by atoms with Crippen LogP contribution in [0.4, 0.5) is 36.2 Å². The van der Waals surface area contributed by atoms with Gasteiger partial charge in [-0.15, -0.1) is 0 Å². The number of aromatic nitrogens is 2. The molecule has 1 heterocycles. The lowest BCUT2D eigenvalue weighted by Gasteiger charge is -2.12. The number of sulfonamides is 1. The van der Waals surface area contributed by atoms with Crippen molar-refractivity contribution in [3.63, 3.8) is 0 Å². The summed E-state index contributed by atoms with van der Waals surface area (Å²) in [7, 11) is -4.03. The zero-order valence-electron chi connectivity index (χ0n) is 16.7. The van der Waals surface area contributed by atoms with Crippen LogP contribution in [0.15, 0.2) is 59.5 Å². The Balaban J connectivity index is 1.71. The van der Waals surface area contributed by atoms with E-state index in [1.807, 2.05) is 6.92 Å². The minimum atomic E-state index is -4.53. The number of nitrogens with one attached hydrogen (secondary N) is 3. The van der Waals surface area contributed by atoms with E-state index >= 15 is 0 Å². The molecule has 0 unspecified atom stereocenters. The Bertz CT molecular complexity index is 1150. The smallest absolute Gasteiger partial charge is 0.370 e. The fourth-order valence-electron chi connectivity index (χ4n) is 2.71. The van der Waals surface area contributed by atoms with Crippen LogP contribution in [0.3, 0.4) is 0 Å². The van der Waals surface area contributed by atoms with Crippen molar-refractivity contribution < 1.29 is 21.6 Å². The molecule has 0 saturated heterocycles. The van der Waals surface area contributed by atoms with Crippen molar-refractivity contribution >= 4 is 33.0 Å². The van der Waals surface area contributed by atoms with Crippen LogP contribution in [0.1, 0.15) is 18.3 Å². The van der Waals surface area contributed by atoms with Crippen LogP contribution in [0.5, 0.6) is 0 Å². The minimum Gasteiger partial charge on any atom is -0.370 e. The molecule has 3 N–H and O–H groups in total. The molecule has 0 saturated carbocycles. The molecule has 11 heteroatoms. The van der Waals surface area contributed by atoms with E-state index in [-0.39, 0.29) is 10.6 Å². The second kappa shape index (κ2) is 8.80. The molecular weight excluding hydrogens is 431 g/mol. The predicted octanol–water partition coefficient (Wildman–Crippen LogP) is 4.78. The Morgan fingerprint density at radius 3 is 2.06 bits per heavy atom. The molecule has 31 heavy (non-hydrogen) atoms. The summed E-state index contributed by atoms with van der Waals surface area (Å²) in [6, 6.07) is 11.4. The standard InChI is InChI=1S/C20H20F3N5O2S/c1-3-24-18-12-19(26-13(2)25-18)27-15-6-8-16(9-7-15)28-31(29,30)17-10-4-14(5-11-17)20(21,22)23/h4-12,28H,3H2,1-2H3,(H2,24,25,26,27). The monoisotopic (exact) mass is 451 g/mol. The van der Waals surface area contributed by atoms with Crippen LogP contribution in [-0.4, -0.2) is 24.9 Å². The van der Waals surface area contributed by atoms with Crippen LogP contribution in [0.25, 0.3) is 0 Å². The first-order chi connectivity index (χ1) is 14.6. The summed E-state index contributed by atoms with van der Waals surface area (Å²) in [5, 5.41) is 6.22. The predicted molar refractivity (Wildman–Crippen MR) is 113 cm³/mol. The van der Waals surface area contributed by atoms with E-state index in [9.17, 15) is 21.6 Å². The lowest BCUT2D eigenvalue weighted by Crippen LogP contribution is -2.13. The first kappa shape index (κ1) is 22.3. The molecule has 0 aliphatic carbocycles. The van der Waals surface area contributed by atoms with Gasteiger partial charge in [0.25, 0.3) is 10.0 Å². The van der Waals surface area contributed by atoms with Crippen molar-refractivity contribution in [3.05, 3.63) is 66.0 Å². The maximum Gasteiger partial charge on any atom is 0.416 e. The molecule has 3 aromatic rings. The van der Waals surface area contributed by atoms with Crippen LogP contribution in [-0.2, 0) is 16.2 Å². The lowest BCUT2D eigenvalue weighted by molar-refractivity contribution is -0.137. The molecule has 164 valence electrons. The molecule has 0 aliphatic heterocycles. The quantitative estimate of drug-likeness (QED) is 0.479. The number of rotatable bonds is 7. The number of hydrogen-bond donors (Lipinski definition) is 3. The summed E-state index contributed by atoms with van der Waals surface area (Å²) in [4.78, 5) is 8.30. The lowest BCUT2D eigenvalue weighted by atomic mass is 10.2. The summed E-state index contributed by atoms with van der Waals surface area (Å²) >= 11 is 0. The largest absolute Gasteiger partial charge is 0.416 e. The molecule has 0 bridgehead atoms. The third-order valence-corrected chi connectivity index (χ3v) is 5.49. The highest BCUT2D eigenvalue weighted by Gasteiger charge is 2.30. The first-order valence-electron chi connectivity index (χ1n) is 9.23. The number of hydrogen-bond acceptors (Lipinski definition) is 6. The first-order valence-corrected chi connectivity index (χ1v) is 10.7. The van der Waals surface area contributed by atoms with Gasteiger partial charge >= 0.3 is 6.18 Å². The summed E-state index contributed by atoms with van der Waals surface area (Å²) < 4.78 is 65.2. The SMILES string of the molecule is CCNc1cc(Nc2ccc(NS(=O)(=O)c3ccc(C(F)(F)F)cc3)cc2)nc(C)n1. The molecule has 0 aliphatic rings. The van der Waals surface area contributed by atoms with Gasteiger partial charge in [-0.05, 0) is 62.4 Å². The van der Waals surface area contributed by atoms with Gasteiger partial charge in [0.2, 0.25) is 0 Å². The van der Waals surface area contributed by atoms with E-state index in [0.717, 1.165) is 24.3 Å². The van der Waals surface area contributed by atoms with Crippen LogP contribution >= 0.6 is 0 Å². The zero-order chi connectivity index (χ0) is 22.6. The number of benzene rings is 2. The number of aryl methyl sites for hydroxylation is 1. The van der Waals surface area contributed by atoms with Gasteiger partial charge in [-0.1, -0.05) is 0 Å². The third kappa shape index (κ3) is 5.85. The molecule has 1 aromatic heterocycles. The van der Waals surface area contributed by atoms with Gasteiger partial charge < -0.3 is 10.6 Å². The fraction of sp³-hybridized carbons (Fsp3) is 0.200. The van der Waals surface area contributed by atoms with Gasteiger partial charge in [0, 0.05) is 24.0 Å². The van der Waals surface area contributed by atoms with Gasteiger partial charge in [0.15, 0.2) is 0 Å². The highest BCUT2D eigenvalue weighted by atomic mass is 32.2. The highest BCUT2D eigenvalue weighted by Crippen LogP contribution is 2.30. The van der Waals surface area contributed by atoms with E-state index in [4.69, 9.17) is 0 Å². The fourth-order valence-corrected chi connectivity index (χ4v) is 3.77. The molecule has 7 nitrogen and oxygen atoms in total. The molecule has 0 atom stereocenters. The third-order valence-electron chi connectivity index (χ3n) is 4.10. The van der Waals surface area contributed by atoms with Gasteiger partial charge in [-0.3, -0.25) is 4.72 Å². The highest BCUT2D eigenvalue weighted by molar-refractivity contribution is 7.92. The molecule has 3 rings (SSSR count). The Morgan fingerprint density at radius 1 is 0.903 bits per heavy atom. The van der Waals surface area contributed by atoms with E-state index < -0.39 is 21.8 Å². The zero-order valence-corrected chi connectivity index (χ0v) is 17.5. The maximum atomic E-state index is 12.7. The van der Waals surface area contributed by atoms with Crippen molar-refractivity contribution in [1.82, 2.24) is 9.97 Å². The van der Waals surface area contributed by atoms with Crippen molar-refractivity contribution in [1.29, 1.82) is 0 Å². The summed E-state index contributed by atoms with van der Waals surface area (Å²) in [6.45, 7) is 4.43. The summed E-state index contributed by atoms with van der Waals surface area (Å²) in [5.74, 6) is 1.84. The molecule has 0 amide bonds. The minimum absolute atomic E-state index is 0.262. The van der Waals surface area contributed by atoms with Gasteiger partial charge in [-0.25, -0.2) is 18.4 Å². The van der Waals surface area contributed by atoms with Crippen LogP contribution in [0.2, 0.25) is 0 Å². The number of nitrogens with zero attached hydrogens (tertiary/aromatic N) is 2. The van der Waals surface area contributed by atoms with Gasteiger partial charge in [0.05, 0.1) is 10.5 Å². The second-order valence-electron chi connectivity index (χ2n) is 6.55. The van der Waals surface area contributed by atoms with Gasteiger partial charge in [0.1, 0.15) is 17.5 Å². The normalized spacial score (nSPS) is 11.8. The summed E-state index contributed by atoms with van der Waals surface area (Å²) in [5.41, 5.74) is 0.00908. The Hall–Kier alpha value is -3.34. The van der Waals surface area contributed by atoms with Crippen LogP contribution < -0.4 is 15.4 Å². The average molecular weight is 451 g/mol. The molecule has 0 spiro atoms. The second-order valence-corrected chi connectivity index (χ2v) is 8.23. The van der Waals surface area contributed by atoms with E-state index in [1.165, 1.54) is 12.1 Å². The Kier molecular flexibility index (Phi) is 6.34. The van der Waals surface area contributed by atoms with Crippen molar-refractivity contribution in [2.24, 2.45) is 0 Å². The number of anilines is 4. The molecule has 2 aromatic carbocycles. The van der Waals surface area contributed by atoms with E-state index in [1.54, 1.807) is 25.1 Å². The topological polar surface area (TPSA) is 96.0 Å². The van der Waals surface area contributed by atoms with E-state index in [0.29, 0.717) is 29.7 Å².